The molecule has 0 radical (unpaired) electrons. The Labute approximate surface area is 159 Å². The van der Waals surface area contributed by atoms with E-state index < -0.39 is 0 Å². The van der Waals surface area contributed by atoms with E-state index in [1.807, 2.05) is 19.2 Å². The van der Waals surface area contributed by atoms with Crippen molar-refractivity contribution >= 4 is 38.3 Å². The van der Waals surface area contributed by atoms with Crippen molar-refractivity contribution in [3.8, 4) is 11.3 Å². The van der Waals surface area contributed by atoms with E-state index in [-0.39, 0.29) is 11.8 Å². The van der Waals surface area contributed by atoms with Crippen molar-refractivity contribution in [2.45, 2.75) is 33.6 Å². The first kappa shape index (κ1) is 17.8. The first-order chi connectivity index (χ1) is 11.9. The second-order valence-corrected chi connectivity index (χ2v) is 7.92. The number of nitrogens with one attached hydrogen (secondary N) is 2. The van der Waals surface area contributed by atoms with Gasteiger partial charge in [0.25, 0.3) is 5.91 Å². The van der Waals surface area contributed by atoms with E-state index in [0.29, 0.717) is 15.3 Å². The van der Waals surface area contributed by atoms with Crippen LogP contribution in [-0.2, 0) is 0 Å². The number of thiazole rings is 1. The average Bonchev–Trinajstić information content (AvgIpc) is 3.14. The molecule has 3 rings (SSSR count). The van der Waals surface area contributed by atoms with Crippen LogP contribution < -0.4 is 5.32 Å². The normalized spacial score (nSPS) is 11.1. The lowest BCUT2D eigenvalue weighted by atomic mass is 10.0. The molecule has 1 amide bonds. The summed E-state index contributed by atoms with van der Waals surface area (Å²) in [7, 11) is 0. The minimum Gasteiger partial charge on any atom is -0.296 e. The third-order valence-electron chi connectivity index (χ3n) is 3.91. The Bertz CT molecular complexity index is 929. The van der Waals surface area contributed by atoms with Crippen LogP contribution in [0.2, 0.25) is 0 Å². The minimum absolute atomic E-state index is 0.249. The maximum atomic E-state index is 12.5. The summed E-state index contributed by atoms with van der Waals surface area (Å²) in [6, 6.07) is 6.25. The molecule has 0 spiro atoms. The maximum Gasteiger partial charge on any atom is 0.279 e. The predicted molar refractivity (Wildman–Crippen MR) is 105 cm³/mol. The van der Waals surface area contributed by atoms with E-state index in [1.165, 1.54) is 22.5 Å². The van der Waals surface area contributed by atoms with Gasteiger partial charge in [0.05, 0.1) is 15.9 Å². The fraction of sp³-hybridized carbons (Fsp3) is 0.278. The van der Waals surface area contributed by atoms with Crippen LogP contribution in [0.15, 0.2) is 28.1 Å². The molecule has 5 nitrogen and oxygen atoms in total. The van der Waals surface area contributed by atoms with Crippen LogP contribution in [0.3, 0.4) is 0 Å². The molecule has 3 aromatic rings. The number of benzene rings is 1. The van der Waals surface area contributed by atoms with Gasteiger partial charge >= 0.3 is 0 Å². The number of halogens is 1. The van der Waals surface area contributed by atoms with Crippen LogP contribution in [0.5, 0.6) is 0 Å². The predicted octanol–water partition coefficient (Wildman–Crippen LogP) is 5.29. The molecule has 2 N–H and O–H groups in total. The molecule has 0 fully saturated rings. The van der Waals surface area contributed by atoms with Gasteiger partial charge in [0.15, 0.2) is 10.8 Å². The van der Waals surface area contributed by atoms with E-state index in [9.17, 15) is 4.79 Å². The number of hydrogen-bond acceptors (Lipinski definition) is 4. The number of nitrogens with zero attached hydrogens (tertiary/aromatic N) is 2. The Kier molecular flexibility index (Phi) is 5.06. The van der Waals surface area contributed by atoms with E-state index in [4.69, 9.17) is 0 Å². The number of carbonyl (C=O) groups excluding carboxylic acids is 1. The lowest BCUT2D eigenvalue weighted by Gasteiger charge is -2.04. The van der Waals surface area contributed by atoms with Crippen LogP contribution in [-0.4, -0.2) is 21.1 Å². The molecule has 130 valence electrons. The number of aromatic nitrogens is 3. The first-order valence-electron chi connectivity index (χ1n) is 7.95. The molecule has 25 heavy (non-hydrogen) atoms. The van der Waals surface area contributed by atoms with E-state index >= 15 is 0 Å². The lowest BCUT2D eigenvalue weighted by Crippen LogP contribution is -2.13. The molecular formula is C18H19BrN4OS. The van der Waals surface area contributed by atoms with E-state index in [1.54, 1.807) is 0 Å². The highest BCUT2D eigenvalue weighted by Crippen LogP contribution is 2.29. The first-order valence-corrected chi connectivity index (χ1v) is 9.62. The van der Waals surface area contributed by atoms with Crippen molar-refractivity contribution in [2.75, 3.05) is 5.32 Å². The lowest BCUT2D eigenvalue weighted by molar-refractivity contribution is 0.102. The fourth-order valence-corrected chi connectivity index (χ4v) is 4.11. The summed E-state index contributed by atoms with van der Waals surface area (Å²) in [6.07, 6.45) is 0. The van der Waals surface area contributed by atoms with Crippen molar-refractivity contribution in [1.29, 1.82) is 0 Å². The third kappa shape index (κ3) is 3.67. The summed E-state index contributed by atoms with van der Waals surface area (Å²) in [5.41, 5.74) is 5.56. The standard InChI is InChI=1S/C18H19BrN4OS/c1-9(2)15-14(19)16(23-22-15)17(24)21-18-20-13(8-25-18)12-6-5-10(3)7-11(12)4/h5-9H,1-4H3,(H,22,23)(H,20,21,24). The van der Waals surface area contributed by atoms with Crippen LogP contribution in [0.25, 0.3) is 11.3 Å². The zero-order chi connectivity index (χ0) is 18.1. The number of aromatic amines is 1. The molecule has 0 saturated heterocycles. The van der Waals surface area contributed by atoms with Crippen LogP contribution in [0, 0.1) is 13.8 Å². The van der Waals surface area contributed by atoms with Gasteiger partial charge in [-0.05, 0) is 41.3 Å². The molecule has 0 atom stereocenters. The van der Waals surface area contributed by atoms with Gasteiger partial charge in [-0.3, -0.25) is 15.2 Å². The second kappa shape index (κ2) is 7.09. The number of anilines is 1. The highest BCUT2D eigenvalue weighted by Gasteiger charge is 2.20. The molecular weight excluding hydrogens is 400 g/mol. The van der Waals surface area contributed by atoms with Gasteiger partial charge in [-0.25, -0.2) is 4.98 Å². The Morgan fingerprint density at radius 3 is 2.72 bits per heavy atom. The summed E-state index contributed by atoms with van der Waals surface area (Å²) in [5, 5.41) is 12.4. The third-order valence-corrected chi connectivity index (χ3v) is 5.47. The maximum absolute atomic E-state index is 12.5. The van der Waals surface area contributed by atoms with E-state index in [2.05, 4.69) is 68.5 Å². The summed E-state index contributed by atoms with van der Waals surface area (Å²) >= 11 is 4.86. The van der Waals surface area contributed by atoms with Gasteiger partial charge in [0.1, 0.15) is 0 Å². The Morgan fingerprint density at radius 2 is 2.08 bits per heavy atom. The molecule has 0 bridgehead atoms. The van der Waals surface area contributed by atoms with Gasteiger partial charge in [0, 0.05) is 10.9 Å². The van der Waals surface area contributed by atoms with Crippen molar-refractivity contribution in [2.24, 2.45) is 0 Å². The smallest absolute Gasteiger partial charge is 0.279 e. The van der Waals surface area contributed by atoms with E-state index in [0.717, 1.165) is 17.0 Å². The summed E-state index contributed by atoms with van der Waals surface area (Å²) in [6.45, 7) is 8.21. The molecule has 0 unspecified atom stereocenters. The number of carbonyl (C=O) groups is 1. The van der Waals surface area contributed by atoms with Crippen LogP contribution >= 0.6 is 27.3 Å². The number of aryl methyl sites for hydroxylation is 2. The Balaban J connectivity index is 1.80. The van der Waals surface area contributed by atoms with Crippen LogP contribution in [0.1, 0.15) is 47.1 Å². The molecule has 7 heteroatoms. The largest absolute Gasteiger partial charge is 0.296 e. The molecule has 2 heterocycles. The summed E-state index contributed by atoms with van der Waals surface area (Å²) < 4.78 is 0.700. The Hall–Kier alpha value is -1.99. The quantitative estimate of drug-likeness (QED) is 0.604. The van der Waals surface area contributed by atoms with Crippen molar-refractivity contribution in [3.05, 3.63) is 50.6 Å². The minimum atomic E-state index is -0.281. The molecule has 0 aliphatic carbocycles. The van der Waals surface area contributed by atoms with Gasteiger partial charge in [-0.1, -0.05) is 37.6 Å². The zero-order valence-electron chi connectivity index (χ0n) is 14.5. The topological polar surface area (TPSA) is 70.7 Å². The number of hydrogen-bond donors (Lipinski definition) is 2. The fourth-order valence-electron chi connectivity index (χ4n) is 2.59. The van der Waals surface area contributed by atoms with Gasteiger partial charge in [-0.2, -0.15) is 5.10 Å². The highest BCUT2D eigenvalue weighted by molar-refractivity contribution is 9.10. The number of H-pyrrole nitrogens is 1. The summed E-state index contributed by atoms with van der Waals surface area (Å²) in [5.74, 6) is -0.0315. The van der Waals surface area contributed by atoms with Crippen molar-refractivity contribution in [3.63, 3.8) is 0 Å². The van der Waals surface area contributed by atoms with Crippen molar-refractivity contribution in [1.82, 2.24) is 15.2 Å². The second-order valence-electron chi connectivity index (χ2n) is 6.26. The molecule has 0 aliphatic heterocycles. The monoisotopic (exact) mass is 418 g/mol. The van der Waals surface area contributed by atoms with Gasteiger partial charge < -0.3 is 0 Å². The van der Waals surface area contributed by atoms with Crippen LogP contribution in [0.4, 0.5) is 5.13 Å². The Morgan fingerprint density at radius 1 is 1.32 bits per heavy atom. The number of rotatable bonds is 4. The van der Waals surface area contributed by atoms with Crippen molar-refractivity contribution < 1.29 is 4.79 Å². The average molecular weight is 419 g/mol. The highest BCUT2D eigenvalue weighted by atomic mass is 79.9. The number of amides is 1. The molecule has 2 aromatic heterocycles. The summed E-state index contributed by atoms with van der Waals surface area (Å²) in [4.78, 5) is 17.0. The molecule has 0 saturated carbocycles. The van der Waals surface area contributed by atoms with Gasteiger partial charge in [-0.15, -0.1) is 11.3 Å². The molecule has 0 aliphatic rings. The molecule has 1 aromatic carbocycles. The SMILES string of the molecule is Cc1ccc(-c2csc(NC(=O)c3n[nH]c(C(C)C)c3Br)n2)c(C)c1. The zero-order valence-corrected chi connectivity index (χ0v) is 16.9. The van der Waals surface area contributed by atoms with Gasteiger partial charge in [0.2, 0.25) is 0 Å².